The molecule has 0 spiro atoms. The van der Waals surface area contributed by atoms with E-state index >= 15 is 0 Å². The Kier molecular flexibility index (Phi) is 6.98. The molecule has 0 atom stereocenters. The van der Waals surface area contributed by atoms with E-state index in [9.17, 15) is 22.7 Å². The molecule has 7 nitrogen and oxygen atoms in total. The maximum Gasteiger partial charge on any atom is 0.255 e. The highest BCUT2D eigenvalue weighted by atomic mass is 32.2. The van der Waals surface area contributed by atoms with E-state index in [2.05, 4.69) is 5.32 Å². The summed E-state index contributed by atoms with van der Waals surface area (Å²) in [5.41, 5.74) is 2.36. The number of hydrogen-bond donors (Lipinski definition) is 3. The maximum absolute atomic E-state index is 13.3. The smallest absolute Gasteiger partial charge is 0.255 e. The Morgan fingerprint density at radius 1 is 0.943 bits per heavy atom. The minimum absolute atomic E-state index is 0.0949. The van der Waals surface area contributed by atoms with Gasteiger partial charge in [-0.3, -0.25) is 4.79 Å². The Morgan fingerprint density at radius 3 is 2.31 bits per heavy atom. The van der Waals surface area contributed by atoms with Gasteiger partial charge in [-0.1, -0.05) is 30.3 Å². The third-order valence-corrected chi connectivity index (χ3v) is 6.02. The zero-order chi connectivity index (χ0) is 24.9. The molecule has 1 amide bonds. The third kappa shape index (κ3) is 5.25. The highest BCUT2D eigenvalue weighted by Crippen LogP contribution is 2.36. The fourth-order valence-corrected chi connectivity index (χ4v) is 4.22. The fourth-order valence-electron chi connectivity index (χ4n) is 3.57. The lowest BCUT2D eigenvalue weighted by molar-refractivity contribution is 0.102. The van der Waals surface area contributed by atoms with Crippen LogP contribution in [0.3, 0.4) is 0 Å². The number of aromatic hydroxyl groups is 1. The lowest BCUT2D eigenvalue weighted by Gasteiger charge is -2.20. The first-order valence-corrected chi connectivity index (χ1v) is 11.6. The molecule has 0 aliphatic rings. The number of rotatable bonds is 7. The quantitative estimate of drug-likeness (QED) is 0.246. The van der Waals surface area contributed by atoms with Crippen molar-refractivity contribution in [3.05, 3.63) is 102 Å². The molecule has 4 aromatic rings. The van der Waals surface area contributed by atoms with Gasteiger partial charge < -0.3 is 15.2 Å². The summed E-state index contributed by atoms with van der Waals surface area (Å²) >= 11 is 0. The molecule has 2 N–H and O–H groups in total. The number of carbonyl (C=O) groups excluding carboxylic acids is 1. The molecule has 0 saturated carbocycles. The molecular weight excluding hydrogens is 471 g/mol. The fraction of sp³-hybridized carbons (Fsp3) is 0.0385. The van der Waals surface area contributed by atoms with Crippen molar-refractivity contribution in [2.45, 2.75) is 0 Å². The Balaban J connectivity index is 1.63. The van der Waals surface area contributed by atoms with Crippen LogP contribution < -0.4 is 14.4 Å². The molecule has 0 radical (unpaired) electrons. The van der Waals surface area contributed by atoms with E-state index in [0.29, 0.717) is 11.3 Å². The molecule has 178 valence electrons. The van der Waals surface area contributed by atoms with E-state index in [0.717, 1.165) is 27.6 Å². The van der Waals surface area contributed by atoms with E-state index in [1.165, 1.54) is 37.4 Å². The number of methoxy groups -OCH3 is 1. The summed E-state index contributed by atoms with van der Waals surface area (Å²) in [4.78, 5) is 12.9. The van der Waals surface area contributed by atoms with Gasteiger partial charge in [-0.05, 0) is 66.2 Å². The van der Waals surface area contributed by atoms with Crippen molar-refractivity contribution in [3.8, 4) is 22.6 Å². The number of anilines is 3. The molecular formula is C26H21FN2O5S. The summed E-state index contributed by atoms with van der Waals surface area (Å²) < 4.78 is 43.5. The van der Waals surface area contributed by atoms with Crippen LogP contribution in [0, 0.1) is 5.82 Å². The van der Waals surface area contributed by atoms with Crippen molar-refractivity contribution in [1.29, 1.82) is 0 Å². The molecule has 0 aliphatic carbocycles. The number of carbonyl (C=O) groups is 1. The van der Waals surface area contributed by atoms with Gasteiger partial charge in [0.15, 0.2) is 0 Å². The van der Waals surface area contributed by atoms with E-state index < -0.39 is 22.6 Å². The van der Waals surface area contributed by atoms with Gasteiger partial charge in [0.1, 0.15) is 23.0 Å². The summed E-state index contributed by atoms with van der Waals surface area (Å²) in [5, 5.41) is 13.0. The van der Waals surface area contributed by atoms with E-state index in [1.54, 1.807) is 18.2 Å². The number of nitrogens with zero attached hydrogens (tertiary/aromatic N) is 1. The molecule has 9 heteroatoms. The first kappa shape index (κ1) is 23.8. The molecule has 35 heavy (non-hydrogen) atoms. The number of thiol groups is 1. The van der Waals surface area contributed by atoms with E-state index in [1.807, 2.05) is 30.3 Å². The molecule has 0 bridgehead atoms. The second kappa shape index (κ2) is 10.3. The minimum atomic E-state index is -3.23. The number of phenolic OH excluding ortho intramolecular Hbond substituents is 1. The van der Waals surface area contributed by atoms with Crippen molar-refractivity contribution in [2.75, 3.05) is 16.7 Å². The molecule has 4 rings (SSSR count). The van der Waals surface area contributed by atoms with Gasteiger partial charge in [0.05, 0.1) is 12.8 Å². The first-order chi connectivity index (χ1) is 16.9. The van der Waals surface area contributed by atoms with Crippen LogP contribution in [0.15, 0.2) is 91.0 Å². The van der Waals surface area contributed by atoms with Gasteiger partial charge >= 0.3 is 0 Å². The largest absolute Gasteiger partial charge is 0.506 e. The molecule has 0 heterocycles. The SMILES string of the molecule is COc1cc(C(=O)Nc2ccc(O)c(N(c3ccc(F)cc3)[SH](=O)=O)c2)ccc1-c1ccccc1. The molecule has 0 fully saturated rings. The van der Waals surface area contributed by atoms with Crippen LogP contribution >= 0.6 is 0 Å². The molecule has 4 aromatic carbocycles. The first-order valence-electron chi connectivity index (χ1n) is 10.4. The van der Waals surface area contributed by atoms with Gasteiger partial charge in [-0.25, -0.2) is 17.1 Å². The van der Waals surface area contributed by atoms with Gasteiger partial charge in [-0.2, -0.15) is 0 Å². The summed E-state index contributed by atoms with van der Waals surface area (Å²) in [5.74, 6) is -0.811. The highest BCUT2D eigenvalue weighted by Gasteiger charge is 2.18. The van der Waals surface area contributed by atoms with Gasteiger partial charge in [-0.15, -0.1) is 0 Å². The number of phenols is 1. The maximum atomic E-state index is 13.3. The van der Waals surface area contributed by atoms with Crippen LogP contribution in [0.2, 0.25) is 0 Å². The number of benzene rings is 4. The van der Waals surface area contributed by atoms with Crippen LogP contribution in [-0.2, 0) is 10.9 Å². The monoisotopic (exact) mass is 492 g/mol. The van der Waals surface area contributed by atoms with Crippen LogP contribution in [-0.4, -0.2) is 26.5 Å². The highest BCUT2D eigenvalue weighted by molar-refractivity contribution is 7.74. The van der Waals surface area contributed by atoms with Crippen LogP contribution in [0.1, 0.15) is 10.4 Å². The van der Waals surface area contributed by atoms with Gasteiger partial charge in [0, 0.05) is 16.8 Å². The average molecular weight is 493 g/mol. The normalized spacial score (nSPS) is 10.7. The number of nitrogens with one attached hydrogen (secondary N) is 1. The molecule has 0 saturated heterocycles. The lowest BCUT2D eigenvalue weighted by Crippen LogP contribution is -2.16. The number of amides is 1. The topological polar surface area (TPSA) is 95.9 Å². The number of ether oxygens (including phenoxy) is 1. The molecule has 0 aliphatic heterocycles. The third-order valence-electron chi connectivity index (χ3n) is 5.24. The van der Waals surface area contributed by atoms with E-state index in [4.69, 9.17) is 4.74 Å². The van der Waals surface area contributed by atoms with Crippen LogP contribution in [0.5, 0.6) is 11.5 Å². The van der Waals surface area contributed by atoms with Crippen molar-refractivity contribution in [3.63, 3.8) is 0 Å². The predicted molar refractivity (Wildman–Crippen MR) is 133 cm³/mol. The Bertz CT molecular complexity index is 1430. The number of hydrogen-bond acceptors (Lipinski definition) is 5. The van der Waals surface area contributed by atoms with Gasteiger partial charge in [0.25, 0.3) is 5.91 Å². The van der Waals surface area contributed by atoms with Gasteiger partial charge in [0.2, 0.25) is 10.9 Å². The van der Waals surface area contributed by atoms with Crippen molar-refractivity contribution < 1.29 is 27.4 Å². The predicted octanol–water partition coefficient (Wildman–Crippen LogP) is 5.12. The Morgan fingerprint density at radius 2 is 1.66 bits per heavy atom. The number of halogens is 1. The van der Waals surface area contributed by atoms with Crippen LogP contribution in [0.4, 0.5) is 21.5 Å². The van der Waals surface area contributed by atoms with Crippen molar-refractivity contribution >= 4 is 33.9 Å². The molecule has 0 aromatic heterocycles. The zero-order valence-electron chi connectivity index (χ0n) is 18.5. The summed E-state index contributed by atoms with van der Waals surface area (Å²) in [7, 11) is -1.71. The zero-order valence-corrected chi connectivity index (χ0v) is 19.4. The second-order valence-corrected chi connectivity index (χ2v) is 8.34. The van der Waals surface area contributed by atoms with Crippen molar-refractivity contribution in [1.82, 2.24) is 0 Å². The standard InChI is InChI=1S/C26H21FN2O5S/c1-34-25-15-18(7-13-22(25)17-5-3-2-4-6-17)26(31)28-20-10-14-24(30)23(16-20)29(35(32)33)21-11-8-19(27)9-12-21/h2-16,30,35H,1H3,(H,28,31). The average Bonchev–Trinajstić information content (AvgIpc) is 2.87. The van der Waals surface area contributed by atoms with E-state index in [-0.39, 0.29) is 22.8 Å². The summed E-state index contributed by atoms with van der Waals surface area (Å²) in [6, 6.07) is 23.4. The van der Waals surface area contributed by atoms with Crippen LogP contribution in [0.25, 0.3) is 11.1 Å². The minimum Gasteiger partial charge on any atom is -0.506 e. The summed E-state index contributed by atoms with van der Waals surface area (Å²) in [6.45, 7) is 0. The summed E-state index contributed by atoms with van der Waals surface area (Å²) in [6.07, 6.45) is 0. The Hall–Kier alpha value is -4.37. The lowest BCUT2D eigenvalue weighted by atomic mass is 10.0. The molecule has 0 unspecified atom stereocenters. The Labute approximate surface area is 203 Å². The van der Waals surface area contributed by atoms with Crippen molar-refractivity contribution in [2.24, 2.45) is 0 Å². The second-order valence-electron chi connectivity index (χ2n) is 7.46.